The van der Waals surface area contributed by atoms with Crippen LogP contribution < -0.4 is 5.73 Å². The van der Waals surface area contributed by atoms with Crippen molar-refractivity contribution in [3.63, 3.8) is 0 Å². The van der Waals surface area contributed by atoms with Crippen LogP contribution >= 0.6 is 23.4 Å². The molecule has 1 aliphatic heterocycles. The van der Waals surface area contributed by atoms with Crippen molar-refractivity contribution in [2.45, 2.75) is 6.54 Å². The molecule has 98 valence electrons. The minimum Gasteiger partial charge on any atom is -0.370 e. The zero-order chi connectivity index (χ0) is 13.0. The summed E-state index contributed by atoms with van der Waals surface area (Å²) in [6, 6.07) is 4.61. The van der Waals surface area contributed by atoms with Crippen molar-refractivity contribution in [1.29, 1.82) is 0 Å². The molecular weight excluding hydrogens is 273 g/mol. The lowest BCUT2D eigenvalue weighted by molar-refractivity contribution is 0.455. The second kappa shape index (κ2) is 6.29. The highest BCUT2D eigenvalue weighted by Gasteiger charge is 2.13. The van der Waals surface area contributed by atoms with E-state index in [4.69, 9.17) is 17.3 Å². The van der Waals surface area contributed by atoms with Gasteiger partial charge in [-0.05, 0) is 12.1 Å². The van der Waals surface area contributed by atoms with Crippen molar-refractivity contribution in [3.8, 4) is 0 Å². The number of nitrogens with two attached hydrogens (primary N) is 1. The Morgan fingerprint density at radius 2 is 2.17 bits per heavy atom. The summed E-state index contributed by atoms with van der Waals surface area (Å²) < 4.78 is 13.5. The van der Waals surface area contributed by atoms with Gasteiger partial charge in [0.25, 0.3) is 0 Å². The molecule has 0 aromatic heterocycles. The summed E-state index contributed by atoms with van der Waals surface area (Å²) in [6.07, 6.45) is 0. The van der Waals surface area contributed by atoms with Crippen LogP contribution in [-0.2, 0) is 6.54 Å². The Kier molecular flexibility index (Phi) is 4.72. The fourth-order valence-corrected chi connectivity index (χ4v) is 2.86. The Balaban J connectivity index is 2.05. The van der Waals surface area contributed by atoms with Crippen molar-refractivity contribution >= 4 is 29.3 Å². The number of nitrogens with zero attached hydrogens (tertiary/aromatic N) is 2. The number of thioether (sulfide) groups is 1. The molecule has 1 aliphatic rings. The number of rotatable bonds is 2. The normalized spacial score (nSPS) is 17.0. The molecule has 1 heterocycles. The van der Waals surface area contributed by atoms with Crippen LogP contribution in [0.4, 0.5) is 4.39 Å². The average molecular weight is 288 g/mol. The number of hydrogen-bond donors (Lipinski definition) is 1. The van der Waals surface area contributed by atoms with Crippen LogP contribution in [0.1, 0.15) is 5.56 Å². The molecule has 1 aromatic carbocycles. The molecule has 2 rings (SSSR count). The minimum absolute atomic E-state index is 0.182. The second-order valence-corrected chi connectivity index (χ2v) is 5.61. The molecule has 0 spiro atoms. The molecule has 18 heavy (non-hydrogen) atoms. The Bertz CT molecular complexity index is 427. The number of benzene rings is 1. The van der Waals surface area contributed by atoms with Gasteiger partial charge in [0, 0.05) is 35.2 Å². The first-order valence-electron chi connectivity index (χ1n) is 5.74. The van der Waals surface area contributed by atoms with E-state index >= 15 is 0 Å². The van der Waals surface area contributed by atoms with Crippen LogP contribution in [0.2, 0.25) is 5.02 Å². The predicted octanol–water partition coefficient (Wildman–Crippen LogP) is 2.34. The summed E-state index contributed by atoms with van der Waals surface area (Å²) in [5.41, 5.74) is 6.29. The number of aliphatic imine (C=N–C) groups is 1. The summed E-state index contributed by atoms with van der Waals surface area (Å²) in [4.78, 5) is 6.25. The average Bonchev–Trinajstić information content (AvgIpc) is 2.39. The smallest absolute Gasteiger partial charge is 0.191 e. The molecule has 0 bridgehead atoms. The maximum absolute atomic E-state index is 13.5. The van der Waals surface area contributed by atoms with Crippen LogP contribution in [0.25, 0.3) is 0 Å². The third-order valence-electron chi connectivity index (χ3n) is 2.80. The fraction of sp³-hybridized carbons (Fsp3) is 0.417. The quantitative estimate of drug-likeness (QED) is 0.671. The molecule has 0 unspecified atom stereocenters. The summed E-state index contributed by atoms with van der Waals surface area (Å²) in [7, 11) is 0. The molecule has 6 heteroatoms. The molecule has 1 saturated heterocycles. The molecule has 0 atom stereocenters. The maximum atomic E-state index is 13.5. The molecule has 0 amide bonds. The highest BCUT2D eigenvalue weighted by atomic mass is 35.5. The van der Waals surface area contributed by atoms with Crippen LogP contribution in [0, 0.1) is 5.82 Å². The van der Waals surface area contributed by atoms with E-state index in [2.05, 4.69) is 4.99 Å². The first-order valence-corrected chi connectivity index (χ1v) is 7.27. The summed E-state index contributed by atoms with van der Waals surface area (Å²) in [6.45, 7) is 1.97. The van der Waals surface area contributed by atoms with Crippen LogP contribution in [0.15, 0.2) is 23.2 Å². The fourth-order valence-electron chi connectivity index (χ4n) is 1.74. The first kappa shape index (κ1) is 13.5. The van der Waals surface area contributed by atoms with E-state index in [-0.39, 0.29) is 12.4 Å². The van der Waals surface area contributed by atoms with Gasteiger partial charge in [-0.1, -0.05) is 17.7 Å². The molecule has 1 fully saturated rings. The lowest BCUT2D eigenvalue weighted by Gasteiger charge is -2.27. The van der Waals surface area contributed by atoms with Crippen LogP contribution in [-0.4, -0.2) is 35.5 Å². The second-order valence-electron chi connectivity index (χ2n) is 3.97. The van der Waals surface area contributed by atoms with Crippen molar-refractivity contribution in [2.24, 2.45) is 10.7 Å². The Labute approximate surface area is 115 Å². The van der Waals surface area contributed by atoms with E-state index < -0.39 is 0 Å². The first-order chi connectivity index (χ1) is 8.68. The monoisotopic (exact) mass is 287 g/mol. The van der Waals surface area contributed by atoms with E-state index in [9.17, 15) is 4.39 Å². The Morgan fingerprint density at radius 1 is 1.44 bits per heavy atom. The molecule has 3 nitrogen and oxygen atoms in total. The van der Waals surface area contributed by atoms with E-state index in [1.165, 1.54) is 6.07 Å². The Morgan fingerprint density at radius 3 is 2.83 bits per heavy atom. The van der Waals surface area contributed by atoms with Gasteiger partial charge in [0.15, 0.2) is 5.96 Å². The maximum Gasteiger partial charge on any atom is 0.191 e. The highest BCUT2D eigenvalue weighted by molar-refractivity contribution is 7.99. The largest absolute Gasteiger partial charge is 0.370 e. The zero-order valence-electron chi connectivity index (χ0n) is 9.90. The summed E-state index contributed by atoms with van der Waals surface area (Å²) >= 11 is 7.83. The lowest BCUT2D eigenvalue weighted by Crippen LogP contribution is -2.42. The van der Waals surface area contributed by atoms with Crippen molar-refractivity contribution < 1.29 is 4.39 Å². The number of halogens is 2. The van der Waals surface area contributed by atoms with Crippen molar-refractivity contribution in [2.75, 3.05) is 24.6 Å². The van der Waals surface area contributed by atoms with Crippen molar-refractivity contribution in [1.82, 2.24) is 4.90 Å². The third kappa shape index (κ3) is 3.29. The zero-order valence-corrected chi connectivity index (χ0v) is 11.5. The molecule has 2 N–H and O–H groups in total. The standard InChI is InChI=1S/C12H15ClFN3S/c13-10-2-1-3-11(14)9(10)8-16-12(15)17-4-6-18-7-5-17/h1-3H,4-8H2,(H2,15,16). The SMILES string of the molecule is NC(=NCc1c(F)cccc1Cl)N1CCSCC1. The van der Waals surface area contributed by atoms with Gasteiger partial charge in [-0.15, -0.1) is 0 Å². The predicted molar refractivity (Wildman–Crippen MR) is 75.6 cm³/mol. The van der Waals surface area contributed by atoms with Gasteiger partial charge in [-0.25, -0.2) is 9.38 Å². The van der Waals surface area contributed by atoms with E-state index in [1.54, 1.807) is 12.1 Å². The van der Waals surface area contributed by atoms with E-state index in [0.29, 0.717) is 16.5 Å². The van der Waals surface area contributed by atoms with Gasteiger partial charge >= 0.3 is 0 Å². The van der Waals surface area contributed by atoms with E-state index in [0.717, 1.165) is 24.6 Å². The van der Waals surface area contributed by atoms with Crippen LogP contribution in [0.5, 0.6) is 0 Å². The van der Waals surface area contributed by atoms with E-state index in [1.807, 2.05) is 16.7 Å². The topological polar surface area (TPSA) is 41.6 Å². The van der Waals surface area contributed by atoms with Gasteiger partial charge < -0.3 is 10.6 Å². The van der Waals surface area contributed by atoms with Gasteiger partial charge in [0.2, 0.25) is 0 Å². The third-order valence-corrected chi connectivity index (χ3v) is 4.09. The van der Waals surface area contributed by atoms with Gasteiger partial charge in [0.05, 0.1) is 6.54 Å². The number of guanidine groups is 1. The molecule has 0 aliphatic carbocycles. The molecule has 0 radical (unpaired) electrons. The Hall–Kier alpha value is -0.940. The summed E-state index contributed by atoms with van der Waals surface area (Å²) in [5, 5.41) is 0.390. The van der Waals surface area contributed by atoms with Gasteiger partial charge in [-0.2, -0.15) is 11.8 Å². The van der Waals surface area contributed by atoms with Crippen LogP contribution in [0.3, 0.4) is 0 Å². The highest BCUT2D eigenvalue weighted by Crippen LogP contribution is 2.19. The minimum atomic E-state index is -0.340. The summed E-state index contributed by atoms with van der Waals surface area (Å²) in [5.74, 6) is 2.23. The number of hydrogen-bond acceptors (Lipinski definition) is 2. The molecule has 0 saturated carbocycles. The lowest BCUT2D eigenvalue weighted by atomic mass is 10.2. The molecular formula is C12H15ClFN3S. The van der Waals surface area contributed by atoms with Gasteiger partial charge in [0.1, 0.15) is 5.82 Å². The molecule has 1 aromatic rings. The van der Waals surface area contributed by atoms with Crippen molar-refractivity contribution in [3.05, 3.63) is 34.6 Å². The van der Waals surface area contributed by atoms with Gasteiger partial charge in [-0.3, -0.25) is 0 Å².